The predicted molar refractivity (Wildman–Crippen MR) is 56.3 cm³/mol. The first-order valence-corrected chi connectivity index (χ1v) is 5.24. The summed E-state index contributed by atoms with van der Waals surface area (Å²) in [6, 6.07) is 1.87. The Morgan fingerprint density at radius 1 is 1.56 bits per heavy atom. The average Bonchev–Trinajstić information content (AvgIpc) is 2.14. The van der Waals surface area contributed by atoms with Crippen molar-refractivity contribution in [3.05, 3.63) is 23.3 Å². The number of rotatable bonds is 3. The van der Waals surface area contributed by atoms with Gasteiger partial charge in [0.2, 0.25) is 0 Å². The van der Waals surface area contributed by atoms with Crippen LogP contribution in [0, 0.1) is 6.92 Å². The second-order valence-corrected chi connectivity index (χ2v) is 4.06. The molecule has 0 atom stereocenters. The van der Waals surface area contributed by atoms with Crippen molar-refractivity contribution in [2.75, 3.05) is 13.2 Å². The van der Waals surface area contributed by atoms with Gasteiger partial charge in [0.05, 0.1) is 13.2 Å². The first-order valence-electron chi connectivity index (χ1n) is 5.24. The quantitative estimate of drug-likeness (QED) is 0.815. The van der Waals surface area contributed by atoms with E-state index in [0.717, 1.165) is 17.8 Å². The zero-order chi connectivity index (χ0) is 11.8. The first kappa shape index (κ1) is 11.0. The number of nitrogens with zero attached hydrogens (tertiary/aromatic N) is 2. The standard InChI is InChI=1S/C11H14N2O3/c1-3-8-4-7(2)12-9(13-8)11(10(14)15)5-16-6-11/h4H,3,5-6H2,1-2H3,(H,14,15). The highest BCUT2D eigenvalue weighted by molar-refractivity contribution is 5.81. The van der Waals surface area contributed by atoms with Gasteiger partial charge in [-0.25, -0.2) is 9.97 Å². The van der Waals surface area contributed by atoms with Gasteiger partial charge in [-0.05, 0) is 19.4 Å². The lowest BCUT2D eigenvalue weighted by Crippen LogP contribution is -2.54. The van der Waals surface area contributed by atoms with Gasteiger partial charge in [0.15, 0.2) is 11.2 Å². The molecule has 1 N–H and O–H groups in total. The summed E-state index contributed by atoms with van der Waals surface area (Å²) in [6.45, 7) is 4.15. The number of ether oxygens (including phenoxy) is 1. The molecule has 1 aliphatic heterocycles. The van der Waals surface area contributed by atoms with Crippen LogP contribution in [-0.2, 0) is 21.4 Å². The number of hydrogen-bond acceptors (Lipinski definition) is 4. The van der Waals surface area contributed by atoms with Gasteiger partial charge in [-0.3, -0.25) is 4.79 Å². The summed E-state index contributed by atoms with van der Waals surface area (Å²) in [5.41, 5.74) is 0.639. The van der Waals surface area contributed by atoms with Crippen LogP contribution < -0.4 is 0 Å². The van der Waals surface area contributed by atoms with E-state index in [9.17, 15) is 9.90 Å². The van der Waals surface area contributed by atoms with Crippen molar-refractivity contribution in [1.29, 1.82) is 0 Å². The lowest BCUT2D eigenvalue weighted by Gasteiger charge is -2.35. The smallest absolute Gasteiger partial charge is 0.322 e. The molecule has 1 saturated heterocycles. The van der Waals surface area contributed by atoms with Crippen molar-refractivity contribution in [2.45, 2.75) is 25.7 Å². The number of aryl methyl sites for hydroxylation is 2. The number of carbonyl (C=O) groups is 1. The van der Waals surface area contributed by atoms with E-state index in [1.807, 2.05) is 19.9 Å². The van der Waals surface area contributed by atoms with Crippen LogP contribution in [0.25, 0.3) is 0 Å². The summed E-state index contributed by atoms with van der Waals surface area (Å²) in [7, 11) is 0. The lowest BCUT2D eigenvalue weighted by atomic mass is 9.85. The van der Waals surface area contributed by atoms with E-state index in [2.05, 4.69) is 9.97 Å². The van der Waals surface area contributed by atoms with E-state index in [1.165, 1.54) is 0 Å². The van der Waals surface area contributed by atoms with Gasteiger partial charge in [-0.2, -0.15) is 0 Å². The molecule has 0 aromatic carbocycles. The van der Waals surface area contributed by atoms with Gasteiger partial charge in [-0.1, -0.05) is 6.92 Å². The molecule has 5 heteroatoms. The molecule has 0 bridgehead atoms. The number of aromatic nitrogens is 2. The van der Waals surface area contributed by atoms with Crippen LogP contribution >= 0.6 is 0 Å². The Balaban J connectivity index is 2.46. The molecule has 0 unspecified atom stereocenters. The van der Waals surface area contributed by atoms with Crippen molar-refractivity contribution < 1.29 is 14.6 Å². The molecule has 0 spiro atoms. The Hall–Kier alpha value is -1.49. The Morgan fingerprint density at radius 3 is 2.69 bits per heavy atom. The Bertz CT molecular complexity index is 427. The number of carboxylic acid groups (broad SMARTS) is 1. The third-order valence-electron chi connectivity index (χ3n) is 2.80. The molecule has 2 rings (SSSR count). The van der Waals surface area contributed by atoms with Crippen LogP contribution in [-0.4, -0.2) is 34.3 Å². The van der Waals surface area contributed by atoms with E-state index < -0.39 is 11.4 Å². The second kappa shape index (κ2) is 3.83. The molecule has 0 radical (unpaired) electrons. The molecule has 0 aliphatic carbocycles. The van der Waals surface area contributed by atoms with Crippen LogP contribution in [0.15, 0.2) is 6.07 Å². The minimum absolute atomic E-state index is 0.162. The predicted octanol–water partition coefficient (Wildman–Crippen LogP) is 0.700. The molecule has 2 heterocycles. The highest BCUT2D eigenvalue weighted by Crippen LogP contribution is 2.30. The summed E-state index contributed by atoms with van der Waals surface area (Å²) in [5, 5.41) is 9.23. The van der Waals surface area contributed by atoms with Gasteiger partial charge < -0.3 is 9.84 Å². The fourth-order valence-corrected chi connectivity index (χ4v) is 1.68. The van der Waals surface area contributed by atoms with E-state index in [-0.39, 0.29) is 13.2 Å². The largest absolute Gasteiger partial charge is 0.480 e. The third-order valence-corrected chi connectivity index (χ3v) is 2.80. The van der Waals surface area contributed by atoms with E-state index >= 15 is 0 Å². The Kier molecular flexibility index (Phi) is 2.63. The van der Waals surface area contributed by atoms with Crippen LogP contribution in [0.5, 0.6) is 0 Å². The molecule has 1 aromatic rings. The van der Waals surface area contributed by atoms with Gasteiger partial charge in [0, 0.05) is 11.4 Å². The van der Waals surface area contributed by atoms with Crippen LogP contribution in [0.4, 0.5) is 0 Å². The normalized spacial score (nSPS) is 17.9. The lowest BCUT2D eigenvalue weighted by molar-refractivity contribution is -0.164. The molecule has 0 saturated carbocycles. The highest BCUT2D eigenvalue weighted by Gasteiger charge is 2.50. The van der Waals surface area contributed by atoms with Crippen molar-refractivity contribution in [2.24, 2.45) is 0 Å². The summed E-state index contributed by atoms with van der Waals surface area (Å²) in [5.74, 6) is -0.533. The maximum absolute atomic E-state index is 11.3. The number of hydrogen-bond donors (Lipinski definition) is 1. The van der Waals surface area contributed by atoms with E-state index in [0.29, 0.717) is 5.82 Å². The van der Waals surface area contributed by atoms with Gasteiger partial charge in [0.25, 0.3) is 0 Å². The van der Waals surface area contributed by atoms with Crippen LogP contribution in [0.2, 0.25) is 0 Å². The molecule has 1 fully saturated rings. The first-order chi connectivity index (χ1) is 7.58. The van der Waals surface area contributed by atoms with Crippen molar-refractivity contribution >= 4 is 5.97 Å². The maximum atomic E-state index is 11.3. The third kappa shape index (κ3) is 1.57. The van der Waals surface area contributed by atoms with Gasteiger partial charge in [0.1, 0.15) is 0 Å². The molecule has 16 heavy (non-hydrogen) atoms. The van der Waals surface area contributed by atoms with Gasteiger partial charge in [-0.15, -0.1) is 0 Å². The topological polar surface area (TPSA) is 72.3 Å². The maximum Gasteiger partial charge on any atom is 0.322 e. The SMILES string of the molecule is CCc1cc(C)nc(C2(C(=O)O)COC2)n1. The summed E-state index contributed by atoms with van der Waals surface area (Å²) in [4.78, 5) is 19.8. The van der Waals surface area contributed by atoms with Crippen LogP contribution in [0.3, 0.4) is 0 Å². The van der Waals surface area contributed by atoms with Crippen molar-refractivity contribution in [3.63, 3.8) is 0 Å². The van der Waals surface area contributed by atoms with Gasteiger partial charge >= 0.3 is 5.97 Å². The molecular weight excluding hydrogens is 208 g/mol. The molecule has 86 valence electrons. The summed E-state index contributed by atoms with van der Waals surface area (Å²) in [6.07, 6.45) is 0.771. The van der Waals surface area contributed by atoms with Crippen LogP contribution in [0.1, 0.15) is 24.1 Å². The molecule has 0 amide bonds. The molecule has 1 aliphatic rings. The Labute approximate surface area is 93.5 Å². The summed E-state index contributed by atoms with van der Waals surface area (Å²) >= 11 is 0. The highest BCUT2D eigenvalue weighted by atomic mass is 16.5. The summed E-state index contributed by atoms with van der Waals surface area (Å²) < 4.78 is 5.01. The number of carboxylic acids is 1. The Morgan fingerprint density at radius 2 is 2.25 bits per heavy atom. The molecule has 5 nitrogen and oxygen atoms in total. The molecular formula is C11H14N2O3. The fraction of sp³-hybridized carbons (Fsp3) is 0.545. The molecule has 1 aromatic heterocycles. The fourth-order valence-electron chi connectivity index (χ4n) is 1.68. The number of aliphatic carboxylic acids is 1. The van der Waals surface area contributed by atoms with Crippen molar-refractivity contribution in [3.8, 4) is 0 Å². The zero-order valence-corrected chi connectivity index (χ0v) is 9.36. The minimum Gasteiger partial charge on any atom is -0.480 e. The van der Waals surface area contributed by atoms with E-state index in [1.54, 1.807) is 0 Å². The second-order valence-electron chi connectivity index (χ2n) is 4.06. The monoisotopic (exact) mass is 222 g/mol. The van der Waals surface area contributed by atoms with Crippen molar-refractivity contribution in [1.82, 2.24) is 9.97 Å². The zero-order valence-electron chi connectivity index (χ0n) is 9.36. The van der Waals surface area contributed by atoms with E-state index in [4.69, 9.17) is 4.74 Å². The average molecular weight is 222 g/mol. The minimum atomic E-state index is -1.03.